The number of carboxylic acid groups (broad SMARTS) is 1. The zero-order valence-corrected chi connectivity index (χ0v) is 12.9. The van der Waals surface area contributed by atoms with Crippen molar-refractivity contribution in [1.29, 1.82) is 0 Å². The summed E-state index contributed by atoms with van der Waals surface area (Å²) in [6.07, 6.45) is -0.0654. The Kier molecular flexibility index (Phi) is 5.97. The van der Waals surface area contributed by atoms with E-state index in [0.29, 0.717) is 11.4 Å². The number of carbonyl (C=O) groups is 2. The van der Waals surface area contributed by atoms with Crippen LogP contribution in [0.2, 0.25) is 0 Å². The van der Waals surface area contributed by atoms with Crippen molar-refractivity contribution < 1.29 is 19.4 Å². The summed E-state index contributed by atoms with van der Waals surface area (Å²) in [7, 11) is 1.50. The van der Waals surface area contributed by atoms with Gasteiger partial charge in [0.05, 0.1) is 18.8 Å². The minimum atomic E-state index is -0.981. The summed E-state index contributed by atoms with van der Waals surface area (Å²) < 4.78 is 6.04. The highest BCUT2D eigenvalue weighted by atomic mass is 79.9. The summed E-state index contributed by atoms with van der Waals surface area (Å²) in [6, 6.07) is 2.69. The molecular weight excluding hydrogens is 328 g/mol. The summed E-state index contributed by atoms with van der Waals surface area (Å²) >= 11 is 3.34. The second-order valence-corrected chi connectivity index (χ2v) is 5.24. The maximum atomic E-state index is 11.9. The van der Waals surface area contributed by atoms with Gasteiger partial charge in [0, 0.05) is 10.9 Å². The number of hydrogen-bond acceptors (Lipinski definition) is 4. The number of hydrogen-bond donors (Lipinski definition) is 3. The van der Waals surface area contributed by atoms with Crippen LogP contribution in [0.15, 0.2) is 16.6 Å². The molecule has 0 radical (unpaired) electrons. The van der Waals surface area contributed by atoms with Gasteiger partial charge in [0.25, 0.3) is 0 Å². The molecule has 1 aromatic rings. The number of amides is 1. The van der Waals surface area contributed by atoms with Crippen LogP contribution in [0.1, 0.15) is 18.4 Å². The molecule has 1 unspecified atom stereocenters. The van der Waals surface area contributed by atoms with E-state index in [0.717, 1.165) is 10.0 Å². The molecule has 1 rings (SSSR count). The van der Waals surface area contributed by atoms with Crippen LogP contribution in [-0.4, -0.2) is 30.1 Å². The van der Waals surface area contributed by atoms with Gasteiger partial charge in [-0.2, -0.15) is 0 Å². The Hall–Kier alpha value is -1.60. The van der Waals surface area contributed by atoms with Crippen LogP contribution in [0.4, 0.5) is 5.69 Å². The number of aliphatic carboxylic acids is 1. The molecule has 7 heteroatoms. The normalized spacial score (nSPS) is 11.8. The fourth-order valence-electron chi connectivity index (χ4n) is 1.66. The van der Waals surface area contributed by atoms with Crippen molar-refractivity contribution in [3.05, 3.63) is 22.2 Å². The summed E-state index contributed by atoms with van der Waals surface area (Å²) in [5, 5.41) is 11.3. The number of rotatable bonds is 6. The number of methoxy groups -OCH3 is 1. The summed E-state index contributed by atoms with van der Waals surface area (Å²) in [5.74, 6) is -0.906. The fraction of sp³-hybridized carbons (Fsp3) is 0.385. The molecule has 0 saturated carbocycles. The highest BCUT2D eigenvalue weighted by molar-refractivity contribution is 9.10. The zero-order valence-electron chi connectivity index (χ0n) is 11.3. The molecular formula is C13H17BrN2O4. The van der Waals surface area contributed by atoms with Gasteiger partial charge in [0.1, 0.15) is 5.75 Å². The summed E-state index contributed by atoms with van der Waals surface area (Å²) in [6.45, 7) is 1.83. The topological polar surface area (TPSA) is 102 Å². The molecule has 0 fully saturated rings. The quantitative estimate of drug-likeness (QED) is 0.731. The van der Waals surface area contributed by atoms with Gasteiger partial charge in [-0.15, -0.1) is 0 Å². The number of halogens is 1. The van der Waals surface area contributed by atoms with Gasteiger partial charge >= 0.3 is 5.97 Å². The smallest absolute Gasteiger partial charge is 0.303 e. The van der Waals surface area contributed by atoms with E-state index in [4.69, 9.17) is 15.6 Å². The molecule has 1 amide bonds. The predicted molar refractivity (Wildman–Crippen MR) is 78.9 cm³/mol. The number of nitrogens with two attached hydrogens (primary N) is 1. The van der Waals surface area contributed by atoms with Crippen molar-refractivity contribution >= 4 is 33.5 Å². The molecule has 110 valence electrons. The Balaban J connectivity index is 2.82. The minimum absolute atomic E-state index is 0.0824. The lowest BCUT2D eigenvalue weighted by atomic mass is 10.1. The average Bonchev–Trinajstić information content (AvgIpc) is 2.38. The Bertz CT molecular complexity index is 519. The lowest BCUT2D eigenvalue weighted by molar-refractivity contribution is -0.137. The number of ether oxygens (including phenoxy) is 1. The van der Waals surface area contributed by atoms with Crippen LogP contribution in [0.5, 0.6) is 5.75 Å². The molecule has 0 aromatic heterocycles. The molecule has 0 heterocycles. The average molecular weight is 345 g/mol. The van der Waals surface area contributed by atoms with Gasteiger partial charge < -0.3 is 20.9 Å². The fourth-order valence-corrected chi connectivity index (χ4v) is 2.21. The Morgan fingerprint density at radius 3 is 2.70 bits per heavy atom. The van der Waals surface area contributed by atoms with Crippen LogP contribution in [-0.2, 0) is 9.59 Å². The van der Waals surface area contributed by atoms with Crippen LogP contribution in [0.3, 0.4) is 0 Å². The summed E-state index contributed by atoms with van der Waals surface area (Å²) in [4.78, 5) is 22.4. The number of carboxylic acids is 1. The molecule has 4 N–H and O–H groups in total. The maximum Gasteiger partial charge on any atom is 0.303 e. The Labute approximate surface area is 125 Å². The highest BCUT2D eigenvalue weighted by Crippen LogP contribution is 2.32. The lowest BCUT2D eigenvalue weighted by Gasteiger charge is -2.16. The molecule has 0 saturated heterocycles. The predicted octanol–water partition coefficient (Wildman–Crippen LogP) is 1.90. The largest absolute Gasteiger partial charge is 0.495 e. The Morgan fingerprint density at radius 2 is 2.15 bits per heavy atom. The molecule has 0 aliphatic carbocycles. The Morgan fingerprint density at radius 1 is 1.50 bits per heavy atom. The number of aryl methyl sites for hydroxylation is 1. The van der Waals surface area contributed by atoms with E-state index in [1.807, 2.05) is 13.0 Å². The first-order valence-corrected chi connectivity index (χ1v) is 6.76. The molecule has 0 aliphatic heterocycles. The van der Waals surface area contributed by atoms with Gasteiger partial charge in [-0.25, -0.2) is 0 Å². The first-order valence-electron chi connectivity index (χ1n) is 5.97. The molecule has 0 spiro atoms. The van der Waals surface area contributed by atoms with E-state index in [1.165, 1.54) is 7.11 Å². The third-order valence-electron chi connectivity index (χ3n) is 2.74. The van der Waals surface area contributed by atoms with Crippen molar-refractivity contribution in [3.63, 3.8) is 0 Å². The maximum absolute atomic E-state index is 11.9. The van der Waals surface area contributed by atoms with Crippen molar-refractivity contribution in [3.8, 4) is 5.75 Å². The molecule has 20 heavy (non-hydrogen) atoms. The van der Waals surface area contributed by atoms with E-state index in [-0.39, 0.29) is 12.8 Å². The second kappa shape index (κ2) is 7.25. The number of nitrogens with one attached hydrogen (secondary N) is 1. The standard InChI is InChI=1S/C13H17BrN2O4/c1-7-5-8(14)6-10(20-2)12(7)16-13(19)9(15)3-4-11(17)18/h5-6,9H,3-4,15H2,1-2H3,(H,16,19)(H,17,18). The molecule has 1 aromatic carbocycles. The molecule has 6 nitrogen and oxygen atoms in total. The van der Waals surface area contributed by atoms with Crippen LogP contribution in [0.25, 0.3) is 0 Å². The highest BCUT2D eigenvalue weighted by Gasteiger charge is 2.18. The third kappa shape index (κ3) is 4.50. The number of benzene rings is 1. The van der Waals surface area contributed by atoms with E-state index >= 15 is 0 Å². The van der Waals surface area contributed by atoms with Crippen molar-refractivity contribution in [2.45, 2.75) is 25.8 Å². The van der Waals surface area contributed by atoms with E-state index < -0.39 is 17.9 Å². The monoisotopic (exact) mass is 344 g/mol. The second-order valence-electron chi connectivity index (χ2n) is 4.33. The van der Waals surface area contributed by atoms with Gasteiger partial charge in [-0.3, -0.25) is 9.59 Å². The van der Waals surface area contributed by atoms with Gasteiger partial charge in [0.15, 0.2) is 0 Å². The molecule has 1 atom stereocenters. The molecule has 0 bridgehead atoms. The van der Waals surface area contributed by atoms with E-state index in [1.54, 1.807) is 6.07 Å². The first kappa shape index (κ1) is 16.5. The van der Waals surface area contributed by atoms with Gasteiger partial charge in [0.2, 0.25) is 5.91 Å². The van der Waals surface area contributed by atoms with Crippen LogP contribution < -0.4 is 15.8 Å². The minimum Gasteiger partial charge on any atom is -0.495 e. The lowest BCUT2D eigenvalue weighted by Crippen LogP contribution is -2.36. The van der Waals surface area contributed by atoms with Crippen molar-refractivity contribution in [1.82, 2.24) is 0 Å². The molecule has 0 aliphatic rings. The number of anilines is 1. The van der Waals surface area contributed by atoms with Crippen LogP contribution in [0, 0.1) is 6.92 Å². The van der Waals surface area contributed by atoms with Crippen molar-refractivity contribution in [2.75, 3.05) is 12.4 Å². The van der Waals surface area contributed by atoms with Crippen LogP contribution >= 0.6 is 15.9 Å². The van der Waals surface area contributed by atoms with Gasteiger partial charge in [-0.1, -0.05) is 15.9 Å². The zero-order chi connectivity index (χ0) is 15.3. The third-order valence-corrected chi connectivity index (χ3v) is 3.20. The SMILES string of the molecule is COc1cc(Br)cc(C)c1NC(=O)C(N)CCC(=O)O. The van der Waals surface area contributed by atoms with E-state index in [9.17, 15) is 9.59 Å². The number of carbonyl (C=O) groups excluding carboxylic acids is 1. The first-order chi connectivity index (χ1) is 9.35. The van der Waals surface area contributed by atoms with Gasteiger partial charge in [-0.05, 0) is 31.0 Å². The van der Waals surface area contributed by atoms with Crippen molar-refractivity contribution in [2.24, 2.45) is 5.73 Å². The summed E-state index contributed by atoms with van der Waals surface area (Å²) in [5.41, 5.74) is 7.01. The van der Waals surface area contributed by atoms with E-state index in [2.05, 4.69) is 21.2 Å².